The molecule has 1 fully saturated rings. The minimum Gasteiger partial charge on any atom is -0.349 e. The van der Waals surface area contributed by atoms with Crippen LogP contribution in [0, 0.1) is 5.92 Å². The molecule has 3 aromatic rings. The molecular formula is C26H29N3O. The van der Waals surface area contributed by atoms with Gasteiger partial charge in [0.25, 0.3) is 0 Å². The SMILES string of the molecule is CC(NC(=O)C1CCN(Cc2ccccc2)CC1)c1ccc(-c2ccncc2)cc1. The van der Waals surface area contributed by atoms with Crippen molar-refractivity contribution in [3.8, 4) is 11.1 Å². The molecule has 1 unspecified atom stereocenters. The summed E-state index contributed by atoms with van der Waals surface area (Å²) in [6.45, 7) is 4.98. The third-order valence-electron chi connectivity index (χ3n) is 5.99. The van der Waals surface area contributed by atoms with Crippen LogP contribution in [-0.2, 0) is 11.3 Å². The van der Waals surface area contributed by atoms with E-state index in [1.807, 2.05) is 18.2 Å². The van der Waals surface area contributed by atoms with Crippen molar-refractivity contribution in [2.24, 2.45) is 5.92 Å². The quantitative estimate of drug-likeness (QED) is 0.645. The van der Waals surface area contributed by atoms with E-state index in [1.165, 1.54) is 5.56 Å². The summed E-state index contributed by atoms with van der Waals surface area (Å²) in [4.78, 5) is 19.3. The Morgan fingerprint density at radius 3 is 2.27 bits per heavy atom. The van der Waals surface area contributed by atoms with Crippen molar-refractivity contribution in [3.63, 3.8) is 0 Å². The van der Waals surface area contributed by atoms with Gasteiger partial charge in [0.15, 0.2) is 0 Å². The summed E-state index contributed by atoms with van der Waals surface area (Å²) in [5.74, 6) is 0.288. The molecule has 0 radical (unpaired) electrons. The first-order chi connectivity index (χ1) is 14.7. The molecule has 1 aromatic heterocycles. The van der Waals surface area contributed by atoms with E-state index in [9.17, 15) is 4.79 Å². The fraction of sp³-hybridized carbons (Fsp3) is 0.308. The molecule has 154 valence electrons. The van der Waals surface area contributed by atoms with Crippen molar-refractivity contribution < 1.29 is 4.79 Å². The Kier molecular flexibility index (Phi) is 6.55. The van der Waals surface area contributed by atoms with Crippen LogP contribution in [0.2, 0.25) is 0 Å². The zero-order chi connectivity index (χ0) is 20.8. The van der Waals surface area contributed by atoms with Gasteiger partial charge in [-0.25, -0.2) is 0 Å². The number of nitrogens with zero attached hydrogens (tertiary/aromatic N) is 2. The number of nitrogens with one attached hydrogen (secondary N) is 1. The zero-order valence-electron chi connectivity index (χ0n) is 17.5. The minimum absolute atomic E-state index is 0.00587. The van der Waals surface area contributed by atoms with Crippen molar-refractivity contribution >= 4 is 5.91 Å². The molecule has 1 atom stereocenters. The van der Waals surface area contributed by atoms with Crippen LogP contribution in [0.5, 0.6) is 0 Å². The molecule has 4 heteroatoms. The molecule has 0 aliphatic carbocycles. The molecule has 0 bridgehead atoms. The molecular weight excluding hydrogens is 370 g/mol. The maximum absolute atomic E-state index is 12.8. The van der Waals surface area contributed by atoms with Crippen molar-refractivity contribution in [3.05, 3.63) is 90.3 Å². The number of carbonyl (C=O) groups excluding carboxylic acids is 1. The van der Waals surface area contributed by atoms with E-state index in [0.717, 1.165) is 49.2 Å². The number of likely N-dealkylation sites (tertiary alicyclic amines) is 1. The van der Waals surface area contributed by atoms with E-state index in [1.54, 1.807) is 12.4 Å². The highest BCUT2D eigenvalue weighted by Crippen LogP contribution is 2.23. The normalized spacial score (nSPS) is 16.2. The van der Waals surface area contributed by atoms with Crippen LogP contribution >= 0.6 is 0 Å². The van der Waals surface area contributed by atoms with E-state index in [2.05, 4.69) is 70.7 Å². The van der Waals surface area contributed by atoms with Gasteiger partial charge < -0.3 is 5.32 Å². The zero-order valence-corrected chi connectivity index (χ0v) is 17.5. The van der Waals surface area contributed by atoms with Crippen LogP contribution < -0.4 is 5.32 Å². The molecule has 0 saturated carbocycles. The molecule has 0 spiro atoms. The first kappa shape index (κ1) is 20.3. The molecule has 4 nitrogen and oxygen atoms in total. The first-order valence-electron chi connectivity index (χ1n) is 10.8. The molecule has 2 heterocycles. The molecule has 1 saturated heterocycles. The van der Waals surface area contributed by atoms with Crippen LogP contribution in [0.4, 0.5) is 0 Å². The molecule has 1 aliphatic rings. The Balaban J connectivity index is 1.28. The number of aromatic nitrogens is 1. The van der Waals surface area contributed by atoms with E-state index in [4.69, 9.17) is 0 Å². The average molecular weight is 400 g/mol. The molecule has 1 amide bonds. The van der Waals surface area contributed by atoms with Crippen LogP contribution in [0.3, 0.4) is 0 Å². The van der Waals surface area contributed by atoms with Crippen molar-refractivity contribution in [1.29, 1.82) is 0 Å². The molecule has 2 aromatic carbocycles. The lowest BCUT2D eigenvalue weighted by atomic mass is 9.94. The highest BCUT2D eigenvalue weighted by atomic mass is 16.1. The molecule has 1 aliphatic heterocycles. The predicted octanol–water partition coefficient (Wildman–Crippen LogP) is 4.84. The van der Waals surface area contributed by atoms with Gasteiger partial charge >= 0.3 is 0 Å². The number of amides is 1. The summed E-state index contributed by atoms with van der Waals surface area (Å²) < 4.78 is 0. The lowest BCUT2D eigenvalue weighted by molar-refractivity contribution is -0.127. The standard InChI is InChI=1S/C26H29N3O/c1-20(22-7-9-23(10-8-22)24-11-15-27-16-12-24)28-26(30)25-13-17-29(18-14-25)19-21-5-3-2-4-6-21/h2-12,15-16,20,25H,13-14,17-19H2,1H3,(H,28,30). The maximum Gasteiger partial charge on any atom is 0.223 e. The predicted molar refractivity (Wildman–Crippen MR) is 121 cm³/mol. The van der Waals surface area contributed by atoms with E-state index < -0.39 is 0 Å². The van der Waals surface area contributed by atoms with E-state index >= 15 is 0 Å². The van der Waals surface area contributed by atoms with Gasteiger partial charge in [0.05, 0.1) is 6.04 Å². The second kappa shape index (κ2) is 9.68. The second-order valence-corrected chi connectivity index (χ2v) is 8.12. The van der Waals surface area contributed by atoms with Gasteiger partial charge in [0.1, 0.15) is 0 Å². The smallest absolute Gasteiger partial charge is 0.223 e. The third kappa shape index (κ3) is 5.14. The number of carbonyl (C=O) groups is 1. The van der Waals surface area contributed by atoms with Crippen LogP contribution in [0.25, 0.3) is 11.1 Å². The summed E-state index contributed by atoms with van der Waals surface area (Å²) in [6, 6.07) is 23.0. The van der Waals surface area contributed by atoms with Crippen LogP contribution in [-0.4, -0.2) is 28.9 Å². The van der Waals surface area contributed by atoms with Crippen molar-refractivity contribution in [1.82, 2.24) is 15.2 Å². The Hall–Kier alpha value is -2.98. The second-order valence-electron chi connectivity index (χ2n) is 8.12. The fourth-order valence-corrected chi connectivity index (χ4v) is 4.12. The largest absolute Gasteiger partial charge is 0.349 e. The monoisotopic (exact) mass is 399 g/mol. The van der Waals surface area contributed by atoms with E-state index in [0.29, 0.717) is 0 Å². The number of rotatable bonds is 6. The molecule has 4 rings (SSSR count). The van der Waals surface area contributed by atoms with Gasteiger partial charge in [-0.2, -0.15) is 0 Å². The van der Waals surface area contributed by atoms with Gasteiger partial charge in [-0.05, 0) is 67.2 Å². The highest BCUT2D eigenvalue weighted by molar-refractivity contribution is 5.79. The minimum atomic E-state index is 0.00587. The lowest BCUT2D eigenvalue weighted by Gasteiger charge is -2.32. The summed E-state index contributed by atoms with van der Waals surface area (Å²) in [7, 11) is 0. The van der Waals surface area contributed by atoms with Crippen molar-refractivity contribution in [2.45, 2.75) is 32.4 Å². The molecule has 1 N–H and O–H groups in total. The Morgan fingerprint density at radius 1 is 0.967 bits per heavy atom. The number of pyridine rings is 1. The first-order valence-corrected chi connectivity index (χ1v) is 10.8. The van der Waals surface area contributed by atoms with Gasteiger partial charge in [0.2, 0.25) is 5.91 Å². The fourth-order valence-electron chi connectivity index (χ4n) is 4.12. The van der Waals surface area contributed by atoms with Crippen LogP contribution in [0.15, 0.2) is 79.1 Å². The van der Waals surface area contributed by atoms with Crippen molar-refractivity contribution in [2.75, 3.05) is 13.1 Å². The summed E-state index contributed by atoms with van der Waals surface area (Å²) >= 11 is 0. The lowest BCUT2D eigenvalue weighted by Crippen LogP contribution is -2.40. The highest BCUT2D eigenvalue weighted by Gasteiger charge is 2.26. The number of hydrogen-bond acceptors (Lipinski definition) is 3. The Labute approximate surface area is 179 Å². The van der Waals surface area contributed by atoms with Gasteiger partial charge in [-0.3, -0.25) is 14.7 Å². The number of hydrogen-bond donors (Lipinski definition) is 1. The topological polar surface area (TPSA) is 45.2 Å². The Morgan fingerprint density at radius 2 is 1.60 bits per heavy atom. The van der Waals surface area contributed by atoms with Gasteiger partial charge in [-0.1, -0.05) is 54.6 Å². The van der Waals surface area contributed by atoms with Gasteiger partial charge in [0, 0.05) is 24.9 Å². The summed E-state index contributed by atoms with van der Waals surface area (Å²) in [5, 5.41) is 3.22. The van der Waals surface area contributed by atoms with Crippen LogP contribution in [0.1, 0.15) is 36.9 Å². The Bertz CT molecular complexity index is 933. The number of piperidine rings is 1. The van der Waals surface area contributed by atoms with Gasteiger partial charge in [-0.15, -0.1) is 0 Å². The molecule has 30 heavy (non-hydrogen) atoms. The average Bonchev–Trinajstić information content (AvgIpc) is 2.81. The summed E-state index contributed by atoms with van der Waals surface area (Å²) in [6.07, 6.45) is 5.45. The summed E-state index contributed by atoms with van der Waals surface area (Å²) in [5.41, 5.74) is 4.77. The number of benzene rings is 2. The van der Waals surface area contributed by atoms with E-state index in [-0.39, 0.29) is 17.9 Å². The third-order valence-corrected chi connectivity index (χ3v) is 5.99. The maximum atomic E-state index is 12.8.